The number of hydrogen-bond donors (Lipinski definition) is 2. The zero-order valence-electron chi connectivity index (χ0n) is 17.0. The maximum Gasteiger partial charge on any atom is 0.261 e. The van der Waals surface area contributed by atoms with Gasteiger partial charge in [-0.1, -0.05) is 12.1 Å². The van der Waals surface area contributed by atoms with E-state index < -0.39 is 5.91 Å². The minimum Gasteiger partial charge on any atom is -0.274 e. The van der Waals surface area contributed by atoms with E-state index in [4.69, 9.17) is 0 Å². The van der Waals surface area contributed by atoms with E-state index in [9.17, 15) is 19.2 Å². The van der Waals surface area contributed by atoms with Crippen molar-refractivity contribution in [3.63, 3.8) is 0 Å². The van der Waals surface area contributed by atoms with Gasteiger partial charge >= 0.3 is 0 Å². The maximum atomic E-state index is 12.5. The van der Waals surface area contributed by atoms with Gasteiger partial charge in [0.15, 0.2) is 0 Å². The molecule has 7 nitrogen and oxygen atoms in total. The lowest BCUT2D eigenvalue weighted by Crippen LogP contribution is -2.50. The van der Waals surface area contributed by atoms with Gasteiger partial charge < -0.3 is 0 Å². The summed E-state index contributed by atoms with van der Waals surface area (Å²) >= 11 is 0. The van der Waals surface area contributed by atoms with Gasteiger partial charge in [0.2, 0.25) is 11.8 Å². The van der Waals surface area contributed by atoms with E-state index in [0.29, 0.717) is 17.5 Å². The third kappa shape index (κ3) is 3.40. The van der Waals surface area contributed by atoms with Crippen molar-refractivity contribution in [2.75, 3.05) is 6.54 Å². The number of nitrogens with one attached hydrogen (secondary N) is 2. The summed E-state index contributed by atoms with van der Waals surface area (Å²) in [5.74, 6) is 1.01. The molecule has 2 N–H and O–H groups in total. The first-order chi connectivity index (χ1) is 14.4. The Hall–Kier alpha value is -2.70. The molecule has 1 aromatic carbocycles. The van der Waals surface area contributed by atoms with Crippen molar-refractivity contribution in [2.24, 2.45) is 23.2 Å². The Balaban J connectivity index is 1.09. The number of rotatable bonds is 5. The highest BCUT2D eigenvalue weighted by molar-refractivity contribution is 6.21. The number of hydrazine groups is 1. The van der Waals surface area contributed by atoms with Crippen LogP contribution in [0, 0.1) is 23.2 Å². The second-order valence-electron chi connectivity index (χ2n) is 9.75. The van der Waals surface area contributed by atoms with Gasteiger partial charge in [-0.25, -0.2) is 0 Å². The lowest BCUT2D eigenvalue weighted by atomic mass is 9.49. The average Bonchev–Trinajstić information content (AvgIpc) is 2.94. The molecular formula is C23H27N3O4. The van der Waals surface area contributed by atoms with Crippen molar-refractivity contribution in [1.82, 2.24) is 15.8 Å². The van der Waals surface area contributed by atoms with Gasteiger partial charge in [0.1, 0.15) is 0 Å². The Bertz CT molecular complexity index is 854. The Kier molecular flexibility index (Phi) is 4.64. The largest absolute Gasteiger partial charge is 0.274 e. The fourth-order valence-corrected chi connectivity index (χ4v) is 6.75. The standard InChI is InChI=1S/C23H27N3O4/c27-19(5-6-26-21(29)17-3-1-2-4-18(17)22(26)30)24-25-20(28)13-23-10-14-7-15(11-23)9-16(8-14)12-23/h1-4,14-16H,5-13H2,(H,24,27)(H,25,28). The van der Waals surface area contributed by atoms with Crippen molar-refractivity contribution in [3.8, 4) is 0 Å². The number of fused-ring (bicyclic) bond motifs is 1. The van der Waals surface area contributed by atoms with Crippen LogP contribution in [0.5, 0.6) is 0 Å². The molecule has 5 aliphatic rings. The lowest BCUT2D eigenvalue weighted by Gasteiger charge is -2.56. The molecule has 4 fully saturated rings. The molecule has 4 saturated carbocycles. The van der Waals surface area contributed by atoms with E-state index in [0.717, 1.165) is 41.9 Å². The predicted molar refractivity (Wildman–Crippen MR) is 108 cm³/mol. The number of carbonyl (C=O) groups excluding carboxylic acids is 4. The van der Waals surface area contributed by atoms with E-state index >= 15 is 0 Å². The summed E-state index contributed by atoms with van der Waals surface area (Å²) in [4.78, 5) is 50.4. The Labute approximate surface area is 175 Å². The molecular weight excluding hydrogens is 382 g/mol. The number of imide groups is 1. The third-order valence-corrected chi connectivity index (χ3v) is 7.48. The van der Waals surface area contributed by atoms with Crippen LogP contribution in [-0.2, 0) is 9.59 Å². The monoisotopic (exact) mass is 409 g/mol. The van der Waals surface area contributed by atoms with Crippen molar-refractivity contribution >= 4 is 23.6 Å². The van der Waals surface area contributed by atoms with Crippen molar-refractivity contribution in [2.45, 2.75) is 51.4 Å². The van der Waals surface area contributed by atoms with Gasteiger partial charge in [0, 0.05) is 19.4 Å². The summed E-state index contributed by atoms with van der Waals surface area (Å²) in [6.07, 6.45) is 7.82. The van der Waals surface area contributed by atoms with Crippen molar-refractivity contribution < 1.29 is 19.2 Å². The minimum atomic E-state index is -0.412. The molecule has 1 heterocycles. The summed E-state index contributed by atoms with van der Waals surface area (Å²) < 4.78 is 0. The molecule has 0 unspecified atom stereocenters. The maximum absolute atomic E-state index is 12.5. The molecule has 30 heavy (non-hydrogen) atoms. The van der Waals surface area contributed by atoms with E-state index in [1.807, 2.05) is 0 Å². The third-order valence-electron chi connectivity index (χ3n) is 7.48. The molecule has 1 aromatic rings. The molecule has 0 radical (unpaired) electrons. The van der Waals surface area contributed by atoms with Crippen LogP contribution in [-0.4, -0.2) is 35.1 Å². The highest BCUT2D eigenvalue weighted by Crippen LogP contribution is 2.61. The van der Waals surface area contributed by atoms with Crippen molar-refractivity contribution in [1.29, 1.82) is 0 Å². The number of amides is 4. The molecule has 158 valence electrons. The average molecular weight is 409 g/mol. The quantitative estimate of drug-likeness (QED) is 0.577. The Morgan fingerprint density at radius 2 is 1.37 bits per heavy atom. The molecule has 0 aromatic heterocycles. The Morgan fingerprint density at radius 3 is 1.90 bits per heavy atom. The summed E-state index contributed by atoms with van der Waals surface area (Å²) in [6, 6.07) is 6.64. The van der Waals surface area contributed by atoms with Crippen LogP contribution in [0.3, 0.4) is 0 Å². The van der Waals surface area contributed by atoms with Crippen LogP contribution in [0.1, 0.15) is 72.1 Å². The predicted octanol–water partition coefficient (Wildman–Crippen LogP) is 2.43. The van der Waals surface area contributed by atoms with Gasteiger partial charge in [0.05, 0.1) is 11.1 Å². The highest BCUT2D eigenvalue weighted by atomic mass is 16.2. The highest BCUT2D eigenvalue weighted by Gasteiger charge is 2.51. The second-order valence-corrected chi connectivity index (χ2v) is 9.75. The van der Waals surface area contributed by atoms with E-state index in [2.05, 4.69) is 10.9 Å². The minimum absolute atomic E-state index is 0.0109. The smallest absolute Gasteiger partial charge is 0.261 e. The zero-order valence-corrected chi connectivity index (χ0v) is 17.0. The molecule has 0 saturated heterocycles. The number of benzene rings is 1. The molecule has 4 bridgehead atoms. The van der Waals surface area contributed by atoms with E-state index in [1.54, 1.807) is 24.3 Å². The van der Waals surface area contributed by atoms with Crippen LogP contribution in [0.4, 0.5) is 0 Å². The Morgan fingerprint density at radius 1 is 0.867 bits per heavy atom. The van der Waals surface area contributed by atoms with Gasteiger partial charge in [-0.15, -0.1) is 0 Å². The molecule has 0 spiro atoms. The van der Waals surface area contributed by atoms with Gasteiger partial charge in [-0.3, -0.25) is 34.9 Å². The van der Waals surface area contributed by atoms with Gasteiger partial charge in [-0.2, -0.15) is 0 Å². The van der Waals surface area contributed by atoms with E-state index in [-0.39, 0.29) is 36.1 Å². The SMILES string of the molecule is O=C(CCN1C(=O)c2ccccc2C1=O)NNC(=O)CC12CC3CC(CC(C3)C1)C2. The summed E-state index contributed by atoms with van der Waals surface area (Å²) in [5, 5.41) is 0. The van der Waals surface area contributed by atoms with Crippen molar-refractivity contribution in [3.05, 3.63) is 35.4 Å². The number of nitrogens with zero attached hydrogens (tertiary/aromatic N) is 1. The second kappa shape index (κ2) is 7.22. The molecule has 4 aliphatic carbocycles. The van der Waals surface area contributed by atoms with Crippen LogP contribution < -0.4 is 10.9 Å². The lowest BCUT2D eigenvalue weighted by molar-refractivity contribution is -0.134. The summed E-state index contributed by atoms with van der Waals surface area (Å²) in [5.41, 5.74) is 5.85. The molecule has 1 aliphatic heterocycles. The fraction of sp³-hybridized carbons (Fsp3) is 0.565. The summed E-state index contributed by atoms with van der Waals surface area (Å²) in [7, 11) is 0. The topological polar surface area (TPSA) is 95.6 Å². The first kappa shape index (κ1) is 19.3. The molecule has 6 rings (SSSR count). The van der Waals surface area contributed by atoms with E-state index in [1.165, 1.54) is 19.3 Å². The van der Waals surface area contributed by atoms with Crippen LogP contribution in [0.25, 0.3) is 0 Å². The first-order valence-corrected chi connectivity index (χ1v) is 11.0. The van der Waals surface area contributed by atoms with Crippen LogP contribution in [0.2, 0.25) is 0 Å². The van der Waals surface area contributed by atoms with Crippen LogP contribution >= 0.6 is 0 Å². The molecule has 4 amide bonds. The zero-order chi connectivity index (χ0) is 20.9. The molecule has 7 heteroatoms. The van der Waals surface area contributed by atoms with Crippen LogP contribution in [0.15, 0.2) is 24.3 Å². The molecule has 0 atom stereocenters. The summed E-state index contributed by atoms with van der Waals surface area (Å²) in [6.45, 7) is -0.0109. The normalized spacial score (nSPS) is 31.1. The fourth-order valence-electron chi connectivity index (χ4n) is 6.75. The number of hydrogen-bond acceptors (Lipinski definition) is 4. The number of carbonyl (C=O) groups is 4. The first-order valence-electron chi connectivity index (χ1n) is 11.0. The van der Waals surface area contributed by atoms with Gasteiger partial charge in [-0.05, 0) is 73.8 Å². The van der Waals surface area contributed by atoms with Gasteiger partial charge in [0.25, 0.3) is 11.8 Å².